The molecule has 1 saturated carbocycles. The number of amides is 3. The van der Waals surface area contributed by atoms with Crippen molar-refractivity contribution in [1.29, 1.82) is 0 Å². The first-order valence-electron chi connectivity index (χ1n) is 19.6. The molecule has 0 bridgehead atoms. The zero-order valence-corrected chi connectivity index (χ0v) is 31.0. The molecule has 4 aliphatic rings. The van der Waals surface area contributed by atoms with E-state index >= 15 is 0 Å². The van der Waals surface area contributed by atoms with Gasteiger partial charge in [-0.15, -0.1) is 0 Å². The minimum Gasteiger partial charge on any atom is -0.372 e. The monoisotopic (exact) mass is 728 g/mol. The topological polar surface area (TPSA) is 119 Å². The van der Waals surface area contributed by atoms with Gasteiger partial charge in [0.15, 0.2) is 0 Å². The summed E-state index contributed by atoms with van der Waals surface area (Å²) in [4.78, 5) is 59.5. The van der Waals surface area contributed by atoms with Crippen LogP contribution >= 0.6 is 0 Å². The average Bonchev–Trinajstić information content (AvgIpc) is 3.18. The summed E-state index contributed by atoms with van der Waals surface area (Å²) in [6.45, 7) is 7.08. The second kappa shape index (κ2) is 16.5. The van der Waals surface area contributed by atoms with Gasteiger partial charge in [-0.05, 0) is 75.1 Å². The molecular weight excluding hydrogens is 675 g/mol. The quantitative estimate of drug-likeness (QED) is 0.338. The Kier molecular flexibility index (Phi) is 11.5. The number of hydrogen-bond acceptors (Lipinski definition) is 7. The zero-order chi connectivity index (χ0) is 37.0. The predicted octanol–water partition coefficient (Wildman–Crippen LogP) is 4.77. The SMILES string of the molecule is CC1(OC2CCN(C(=O)CC3CCCCC3)CC2)CCN(CC(=O)N2CCN(C(=O)c3cc(Cc4n[nH]c(=O)c5ccccc45)ccc3F)CC2)CC1. The molecule has 12 heteroatoms. The Bertz CT molecular complexity index is 1840. The van der Waals surface area contributed by atoms with E-state index in [0.717, 1.165) is 51.9 Å². The molecule has 0 radical (unpaired) electrons. The van der Waals surface area contributed by atoms with E-state index in [1.165, 1.54) is 38.2 Å². The van der Waals surface area contributed by atoms with Crippen molar-refractivity contribution in [2.45, 2.75) is 89.3 Å². The van der Waals surface area contributed by atoms with Gasteiger partial charge in [0.2, 0.25) is 11.8 Å². The molecule has 3 aromatic rings. The molecule has 0 atom stereocenters. The van der Waals surface area contributed by atoms with Crippen molar-refractivity contribution in [3.8, 4) is 0 Å². The number of aromatic amines is 1. The van der Waals surface area contributed by atoms with Crippen LogP contribution in [0.1, 0.15) is 92.7 Å². The standard InChI is InChI=1S/C41H53FN6O5/c1-41(53-31-13-17-46(18-14-31)37(49)27-29-7-3-2-4-8-29)15-19-45(20-16-41)28-38(50)47-21-23-48(24-22-47)40(52)34-25-30(11-12-35(34)42)26-36-32-9-5-6-10-33(32)39(51)44-43-36/h5-6,9-12,25,29,31H,2-4,7-8,13-24,26-28H2,1H3,(H,44,51). The van der Waals surface area contributed by atoms with Crippen molar-refractivity contribution in [2.75, 3.05) is 58.9 Å². The van der Waals surface area contributed by atoms with Crippen LogP contribution in [-0.4, -0.2) is 118 Å². The highest BCUT2D eigenvalue weighted by atomic mass is 19.1. The van der Waals surface area contributed by atoms with Gasteiger partial charge < -0.3 is 19.4 Å². The molecule has 1 aliphatic carbocycles. The highest BCUT2D eigenvalue weighted by Gasteiger charge is 2.36. The highest BCUT2D eigenvalue weighted by molar-refractivity contribution is 5.95. The number of carbonyl (C=O) groups is 3. The molecule has 284 valence electrons. The fourth-order valence-electron chi connectivity index (χ4n) is 8.66. The number of carbonyl (C=O) groups excluding carboxylic acids is 3. The number of hydrogen-bond donors (Lipinski definition) is 1. The fourth-order valence-corrected chi connectivity index (χ4v) is 8.66. The van der Waals surface area contributed by atoms with Crippen LogP contribution in [0.15, 0.2) is 47.3 Å². The number of H-pyrrole nitrogens is 1. The van der Waals surface area contributed by atoms with E-state index in [0.29, 0.717) is 79.4 Å². The van der Waals surface area contributed by atoms with Crippen molar-refractivity contribution in [2.24, 2.45) is 5.92 Å². The molecular formula is C41H53FN6O5. The number of nitrogens with one attached hydrogen (secondary N) is 1. The van der Waals surface area contributed by atoms with Crippen LogP contribution in [0.5, 0.6) is 0 Å². The van der Waals surface area contributed by atoms with Gasteiger partial charge >= 0.3 is 0 Å². The second-order valence-corrected chi connectivity index (χ2v) is 15.8. The summed E-state index contributed by atoms with van der Waals surface area (Å²) in [6.07, 6.45) is 10.9. The molecule has 4 heterocycles. The lowest BCUT2D eigenvalue weighted by Crippen LogP contribution is -2.54. The van der Waals surface area contributed by atoms with E-state index in [1.54, 1.807) is 34.1 Å². The molecule has 2 aromatic carbocycles. The third kappa shape index (κ3) is 8.97. The van der Waals surface area contributed by atoms with Crippen LogP contribution in [0.4, 0.5) is 4.39 Å². The van der Waals surface area contributed by atoms with E-state index in [9.17, 15) is 23.6 Å². The van der Waals surface area contributed by atoms with Gasteiger partial charge in [0, 0.05) is 70.6 Å². The van der Waals surface area contributed by atoms with Crippen molar-refractivity contribution in [1.82, 2.24) is 29.8 Å². The van der Waals surface area contributed by atoms with E-state index in [-0.39, 0.29) is 28.7 Å². The number of halogens is 1. The molecule has 11 nitrogen and oxygen atoms in total. The Balaban J connectivity index is 0.841. The first-order chi connectivity index (χ1) is 25.6. The Labute approximate surface area is 310 Å². The number of piperazine rings is 1. The summed E-state index contributed by atoms with van der Waals surface area (Å²) in [5.41, 5.74) is 0.822. The molecule has 4 fully saturated rings. The normalized spacial score (nSPS) is 20.5. The maximum absolute atomic E-state index is 15.0. The number of benzene rings is 2. The van der Waals surface area contributed by atoms with Gasteiger partial charge in [0.05, 0.1) is 34.9 Å². The van der Waals surface area contributed by atoms with Crippen molar-refractivity contribution in [3.05, 3.63) is 75.5 Å². The number of aromatic nitrogens is 2. The number of piperidine rings is 2. The van der Waals surface area contributed by atoms with Gasteiger partial charge in [-0.3, -0.25) is 24.1 Å². The third-order valence-electron chi connectivity index (χ3n) is 12.0. The van der Waals surface area contributed by atoms with Gasteiger partial charge in [-0.1, -0.05) is 43.5 Å². The van der Waals surface area contributed by atoms with E-state index < -0.39 is 11.7 Å². The Morgan fingerprint density at radius 3 is 2.21 bits per heavy atom. The summed E-state index contributed by atoms with van der Waals surface area (Å²) in [5, 5.41) is 7.99. The number of likely N-dealkylation sites (tertiary alicyclic amines) is 2. The lowest BCUT2D eigenvalue weighted by molar-refractivity contribution is -0.146. The summed E-state index contributed by atoms with van der Waals surface area (Å²) in [7, 11) is 0. The van der Waals surface area contributed by atoms with Crippen LogP contribution < -0.4 is 5.56 Å². The van der Waals surface area contributed by atoms with Gasteiger partial charge in [-0.2, -0.15) is 5.10 Å². The predicted molar refractivity (Wildman–Crippen MR) is 200 cm³/mol. The molecule has 7 rings (SSSR count). The van der Waals surface area contributed by atoms with Gasteiger partial charge in [0.25, 0.3) is 11.5 Å². The Hall–Kier alpha value is -4.16. The molecule has 1 N–H and O–H groups in total. The van der Waals surface area contributed by atoms with Crippen molar-refractivity contribution in [3.63, 3.8) is 0 Å². The Morgan fingerprint density at radius 1 is 0.830 bits per heavy atom. The van der Waals surface area contributed by atoms with Gasteiger partial charge in [0.1, 0.15) is 5.82 Å². The van der Waals surface area contributed by atoms with Crippen LogP contribution in [0.25, 0.3) is 10.8 Å². The fraction of sp³-hybridized carbons (Fsp3) is 0.585. The largest absolute Gasteiger partial charge is 0.372 e. The maximum atomic E-state index is 15.0. The molecule has 0 spiro atoms. The van der Waals surface area contributed by atoms with Crippen LogP contribution in [0.2, 0.25) is 0 Å². The van der Waals surface area contributed by atoms with Crippen molar-refractivity contribution >= 4 is 28.5 Å². The maximum Gasteiger partial charge on any atom is 0.272 e. The highest BCUT2D eigenvalue weighted by Crippen LogP contribution is 2.32. The van der Waals surface area contributed by atoms with E-state index in [4.69, 9.17) is 4.74 Å². The van der Waals surface area contributed by atoms with E-state index in [1.807, 2.05) is 12.1 Å². The summed E-state index contributed by atoms with van der Waals surface area (Å²) < 4.78 is 21.6. The minimum atomic E-state index is -0.594. The van der Waals surface area contributed by atoms with Crippen LogP contribution in [0.3, 0.4) is 0 Å². The first kappa shape index (κ1) is 37.2. The number of rotatable bonds is 9. The second-order valence-electron chi connectivity index (χ2n) is 15.8. The minimum absolute atomic E-state index is 0.0108. The van der Waals surface area contributed by atoms with Gasteiger partial charge in [-0.25, -0.2) is 9.49 Å². The molecule has 0 unspecified atom stereocenters. The third-order valence-corrected chi connectivity index (χ3v) is 12.0. The smallest absolute Gasteiger partial charge is 0.272 e. The molecule has 3 amide bonds. The summed E-state index contributed by atoms with van der Waals surface area (Å²) in [6, 6.07) is 11.7. The summed E-state index contributed by atoms with van der Waals surface area (Å²) in [5.74, 6) is -0.0670. The average molecular weight is 729 g/mol. The lowest BCUT2D eigenvalue weighted by atomic mass is 9.86. The number of fused-ring (bicyclic) bond motifs is 1. The lowest BCUT2D eigenvalue weighted by Gasteiger charge is -2.43. The first-order valence-corrected chi connectivity index (χ1v) is 19.6. The number of nitrogens with zero attached hydrogens (tertiary/aromatic N) is 5. The van der Waals surface area contributed by atoms with Crippen molar-refractivity contribution < 1.29 is 23.5 Å². The molecule has 1 aromatic heterocycles. The number of ether oxygens (including phenoxy) is 1. The van der Waals surface area contributed by atoms with Crippen LogP contribution in [0, 0.1) is 11.7 Å². The summed E-state index contributed by atoms with van der Waals surface area (Å²) >= 11 is 0. The molecule has 3 aliphatic heterocycles. The Morgan fingerprint density at radius 2 is 1.49 bits per heavy atom. The molecule has 3 saturated heterocycles. The van der Waals surface area contributed by atoms with Crippen LogP contribution in [-0.2, 0) is 20.7 Å². The van der Waals surface area contributed by atoms with E-state index in [2.05, 4.69) is 26.9 Å². The molecule has 53 heavy (non-hydrogen) atoms. The zero-order valence-electron chi connectivity index (χ0n) is 31.0.